The predicted molar refractivity (Wildman–Crippen MR) is 94.9 cm³/mol. The van der Waals surface area contributed by atoms with Crippen molar-refractivity contribution in [3.8, 4) is 6.07 Å². The van der Waals surface area contributed by atoms with E-state index in [-0.39, 0.29) is 11.6 Å². The van der Waals surface area contributed by atoms with Crippen LogP contribution in [0.1, 0.15) is 30.9 Å². The molecule has 25 heavy (non-hydrogen) atoms. The number of pyridine rings is 1. The molecule has 2 heterocycles. The van der Waals surface area contributed by atoms with Crippen molar-refractivity contribution in [1.82, 2.24) is 4.98 Å². The van der Waals surface area contributed by atoms with Crippen molar-refractivity contribution in [3.05, 3.63) is 75.7 Å². The van der Waals surface area contributed by atoms with Gasteiger partial charge in [-0.1, -0.05) is 18.2 Å². The zero-order chi connectivity index (χ0) is 18.0. The zero-order valence-corrected chi connectivity index (χ0v) is 13.9. The van der Waals surface area contributed by atoms with Crippen LogP contribution >= 0.6 is 0 Å². The lowest BCUT2D eigenvalue weighted by atomic mass is 9.74. The molecule has 3 rings (SSSR count). The smallest absolute Gasteiger partial charge is 0.264 e. The van der Waals surface area contributed by atoms with Crippen molar-refractivity contribution in [3.63, 3.8) is 0 Å². The summed E-state index contributed by atoms with van der Waals surface area (Å²) in [4.78, 5) is 19.4. The Balaban J connectivity index is 2.23. The normalized spacial score (nSPS) is 20.0. The summed E-state index contributed by atoms with van der Waals surface area (Å²) >= 11 is 0. The SMILES string of the molecule is CC1=NC(C)=C(c2cccnc2)C(c2cccc([N+](=O)[O-])c2)C1C#N. The first-order chi connectivity index (χ1) is 12.0. The van der Waals surface area contributed by atoms with Gasteiger partial charge in [-0.25, -0.2) is 0 Å². The molecule has 0 N–H and O–H groups in total. The first-order valence-corrected chi connectivity index (χ1v) is 7.83. The van der Waals surface area contributed by atoms with Crippen LogP contribution in [0.3, 0.4) is 0 Å². The van der Waals surface area contributed by atoms with Crippen LogP contribution in [0.15, 0.2) is 59.5 Å². The zero-order valence-electron chi connectivity index (χ0n) is 13.9. The Morgan fingerprint density at radius 2 is 2.04 bits per heavy atom. The third-order valence-corrected chi connectivity index (χ3v) is 4.38. The lowest BCUT2D eigenvalue weighted by Gasteiger charge is -2.30. The molecule has 0 saturated heterocycles. The van der Waals surface area contributed by atoms with E-state index in [1.54, 1.807) is 18.5 Å². The maximum Gasteiger partial charge on any atom is 0.269 e. The molecule has 6 heteroatoms. The molecule has 0 fully saturated rings. The molecular formula is C19H16N4O2. The molecule has 0 amide bonds. The number of benzene rings is 1. The number of aliphatic imine (C=N–C) groups is 1. The number of allylic oxidation sites excluding steroid dienone is 2. The summed E-state index contributed by atoms with van der Waals surface area (Å²) in [6.45, 7) is 3.71. The van der Waals surface area contributed by atoms with E-state index in [4.69, 9.17) is 0 Å². The number of nitro groups is 1. The largest absolute Gasteiger partial charge is 0.269 e. The Kier molecular flexibility index (Phi) is 4.40. The Bertz CT molecular complexity index is 926. The van der Waals surface area contributed by atoms with E-state index in [0.29, 0.717) is 5.71 Å². The molecule has 1 aliphatic rings. The van der Waals surface area contributed by atoms with Crippen LogP contribution in [0, 0.1) is 27.4 Å². The number of rotatable bonds is 3. The lowest BCUT2D eigenvalue weighted by Crippen LogP contribution is -2.24. The Hall–Kier alpha value is -3.33. The molecule has 0 bridgehead atoms. The van der Waals surface area contributed by atoms with Crippen LogP contribution < -0.4 is 0 Å². The third kappa shape index (κ3) is 3.04. The number of aromatic nitrogens is 1. The Morgan fingerprint density at radius 1 is 1.24 bits per heavy atom. The van der Waals surface area contributed by atoms with Crippen molar-refractivity contribution in [2.75, 3.05) is 0 Å². The van der Waals surface area contributed by atoms with Crippen LogP contribution in [0.2, 0.25) is 0 Å². The van der Waals surface area contributed by atoms with Gasteiger partial charge >= 0.3 is 0 Å². The molecule has 1 aromatic carbocycles. The van der Waals surface area contributed by atoms with Crippen molar-refractivity contribution in [1.29, 1.82) is 5.26 Å². The van der Waals surface area contributed by atoms with E-state index in [1.807, 2.05) is 32.0 Å². The van der Waals surface area contributed by atoms with Gasteiger partial charge in [-0.3, -0.25) is 20.1 Å². The molecule has 124 valence electrons. The van der Waals surface area contributed by atoms with Gasteiger partial charge in [-0.05, 0) is 36.6 Å². The molecule has 1 aliphatic heterocycles. The van der Waals surface area contributed by atoms with Crippen molar-refractivity contribution in [2.24, 2.45) is 10.9 Å². The van der Waals surface area contributed by atoms with Crippen LogP contribution in [0.25, 0.3) is 5.57 Å². The molecule has 1 aromatic heterocycles. The van der Waals surface area contributed by atoms with E-state index in [0.717, 1.165) is 22.4 Å². The second-order valence-corrected chi connectivity index (χ2v) is 5.93. The molecule has 2 aromatic rings. The molecular weight excluding hydrogens is 316 g/mol. The highest BCUT2D eigenvalue weighted by atomic mass is 16.6. The molecule has 2 unspecified atom stereocenters. The van der Waals surface area contributed by atoms with Gasteiger partial charge in [0.05, 0.1) is 16.9 Å². The average molecular weight is 332 g/mol. The van der Waals surface area contributed by atoms with Gasteiger partial charge < -0.3 is 0 Å². The number of hydrogen-bond acceptors (Lipinski definition) is 5. The Labute approximate surface area is 145 Å². The fourth-order valence-corrected chi connectivity index (χ4v) is 3.30. The number of non-ortho nitro benzene ring substituents is 1. The topological polar surface area (TPSA) is 92.2 Å². The van der Waals surface area contributed by atoms with Gasteiger partial charge in [0.2, 0.25) is 0 Å². The minimum absolute atomic E-state index is 0.0116. The van der Waals surface area contributed by atoms with Crippen molar-refractivity contribution >= 4 is 17.0 Å². The fourth-order valence-electron chi connectivity index (χ4n) is 3.30. The molecule has 0 spiro atoms. The van der Waals surface area contributed by atoms with Crippen LogP contribution in [-0.4, -0.2) is 15.6 Å². The summed E-state index contributed by atoms with van der Waals surface area (Å²) in [6, 6.07) is 12.5. The van der Waals surface area contributed by atoms with Gasteiger partial charge in [0, 0.05) is 41.9 Å². The summed E-state index contributed by atoms with van der Waals surface area (Å²) in [6.07, 6.45) is 3.41. The number of nitriles is 1. The average Bonchev–Trinajstić information content (AvgIpc) is 2.62. The second kappa shape index (κ2) is 6.65. The molecule has 6 nitrogen and oxygen atoms in total. The first kappa shape index (κ1) is 16.5. The maximum absolute atomic E-state index is 11.2. The lowest BCUT2D eigenvalue weighted by molar-refractivity contribution is -0.384. The van der Waals surface area contributed by atoms with Gasteiger partial charge in [0.15, 0.2) is 0 Å². The molecule has 0 radical (unpaired) electrons. The van der Waals surface area contributed by atoms with E-state index >= 15 is 0 Å². The molecule has 0 saturated carbocycles. The number of nitro benzene ring substituents is 1. The minimum Gasteiger partial charge on any atom is -0.264 e. The van der Waals surface area contributed by atoms with Crippen LogP contribution in [0.5, 0.6) is 0 Å². The van der Waals surface area contributed by atoms with E-state index in [9.17, 15) is 15.4 Å². The van der Waals surface area contributed by atoms with Gasteiger partial charge in [-0.15, -0.1) is 0 Å². The van der Waals surface area contributed by atoms with Crippen LogP contribution in [-0.2, 0) is 0 Å². The molecule has 2 atom stereocenters. The van der Waals surface area contributed by atoms with Gasteiger partial charge in [-0.2, -0.15) is 5.26 Å². The van der Waals surface area contributed by atoms with Crippen LogP contribution in [0.4, 0.5) is 5.69 Å². The summed E-state index contributed by atoms with van der Waals surface area (Å²) in [5.74, 6) is -0.812. The second-order valence-electron chi connectivity index (χ2n) is 5.93. The van der Waals surface area contributed by atoms with Gasteiger partial charge in [0.25, 0.3) is 5.69 Å². The van der Waals surface area contributed by atoms with Crippen molar-refractivity contribution in [2.45, 2.75) is 19.8 Å². The monoisotopic (exact) mass is 332 g/mol. The maximum atomic E-state index is 11.2. The summed E-state index contributed by atoms with van der Waals surface area (Å²) in [5.41, 5.74) is 4.00. The summed E-state index contributed by atoms with van der Waals surface area (Å²) < 4.78 is 0. The first-order valence-electron chi connectivity index (χ1n) is 7.83. The van der Waals surface area contributed by atoms with Gasteiger partial charge in [0.1, 0.15) is 0 Å². The minimum atomic E-state index is -0.485. The van der Waals surface area contributed by atoms with E-state index in [2.05, 4.69) is 16.0 Å². The fraction of sp³-hybridized carbons (Fsp3) is 0.211. The quantitative estimate of drug-likeness (QED) is 0.624. The van der Waals surface area contributed by atoms with E-state index in [1.165, 1.54) is 12.1 Å². The predicted octanol–water partition coefficient (Wildman–Crippen LogP) is 4.12. The standard InChI is InChI=1S/C19H16N4O2/c1-12-17(10-20)19(14-5-3-7-16(9-14)23(24)25)18(13(2)22-12)15-6-4-8-21-11-15/h3-9,11,17,19H,1-2H3. The highest BCUT2D eigenvalue weighted by Gasteiger charge is 2.35. The number of nitrogens with zero attached hydrogens (tertiary/aromatic N) is 4. The number of hydrogen-bond donors (Lipinski definition) is 0. The third-order valence-electron chi connectivity index (χ3n) is 4.38. The van der Waals surface area contributed by atoms with E-state index < -0.39 is 10.8 Å². The summed E-state index contributed by atoms with van der Waals surface area (Å²) in [7, 11) is 0. The molecule has 0 aliphatic carbocycles. The highest BCUT2D eigenvalue weighted by molar-refractivity contribution is 5.95. The summed E-state index contributed by atoms with van der Waals surface area (Å²) in [5, 5.41) is 20.9. The van der Waals surface area contributed by atoms with Crippen molar-refractivity contribution < 1.29 is 4.92 Å². The Morgan fingerprint density at radius 3 is 2.68 bits per heavy atom. The highest BCUT2D eigenvalue weighted by Crippen LogP contribution is 2.44.